The Morgan fingerprint density at radius 1 is 1.33 bits per heavy atom. The van der Waals surface area contributed by atoms with Crippen LogP contribution in [-0.2, 0) is 0 Å². The minimum absolute atomic E-state index is 0.0412. The van der Waals surface area contributed by atoms with E-state index < -0.39 is 0 Å². The van der Waals surface area contributed by atoms with Gasteiger partial charge in [-0.3, -0.25) is 9.36 Å². The van der Waals surface area contributed by atoms with Crippen LogP contribution in [0.15, 0.2) is 28.9 Å². The molecule has 1 aromatic carbocycles. The van der Waals surface area contributed by atoms with Gasteiger partial charge < -0.3 is 5.73 Å². The van der Waals surface area contributed by atoms with Gasteiger partial charge in [-0.05, 0) is 24.6 Å². The lowest BCUT2D eigenvalue weighted by atomic mass is 10.1. The summed E-state index contributed by atoms with van der Waals surface area (Å²) in [5.74, 6) is 0.0468. The van der Waals surface area contributed by atoms with Crippen LogP contribution in [0.5, 0.6) is 0 Å². The van der Waals surface area contributed by atoms with Gasteiger partial charge in [-0.15, -0.1) is 0 Å². The van der Waals surface area contributed by atoms with Crippen LogP contribution in [0.25, 0.3) is 10.9 Å². The van der Waals surface area contributed by atoms with Gasteiger partial charge in [-0.1, -0.05) is 35.8 Å². The Bertz CT molecular complexity index is 599. The summed E-state index contributed by atoms with van der Waals surface area (Å²) >= 11 is 3.44. The number of carbonyl (C=O) groups excluding carboxylic acids is 1. The minimum atomic E-state index is -0.0881. The maximum absolute atomic E-state index is 12.2. The van der Waals surface area contributed by atoms with Crippen LogP contribution >= 0.6 is 15.9 Å². The molecule has 0 spiro atoms. The molecule has 0 unspecified atom stereocenters. The Labute approximate surface area is 115 Å². The van der Waals surface area contributed by atoms with Crippen LogP contribution in [-0.4, -0.2) is 10.5 Å². The standard InChI is InChI=1S/C14H17BrN2O/c1-8(2)14(18)17-7-12(9(3)16)11-5-4-10(15)6-13(11)17/h4-9H,16H2,1-3H3/t9-/m1/s1. The van der Waals surface area contributed by atoms with Gasteiger partial charge in [0.2, 0.25) is 5.91 Å². The molecule has 0 aliphatic rings. The van der Waals surface area contributed by atoms with E-state index >= 15 is 0 Å². The highest BCUT2D eigenvalue weighted by atomic mass is 79.9. The highest BCUT2D eigenvalue weighted by Gasteiger charge is 2.17. The number of fused-ring (bicyclic) bond motifs is 1. The summed E-state index contributed by atoms with van der Waals surface area (Å²) in [5.41, 5.74) is 7.89. The maximum atomic E-state index is 12.2. The van der Waals surface area contributed by atoms with E-state index in [4.69, 9.17) is 5.73 Å². The van der Waals surface area contributed by atoms with E-state index in [0.717, 1.165) is 20.9 Å². The molecule has 2 rings (SSSR count). The lowest BCUT2D eigenvalue weighted by molar-refractivity contribution is 0.0860. The summed E-state index contributed by atoms with van der Waals surface area (Å²) in [6, 6.07) is 5.84. The normalized spacial score (nSPS) is 13.2. The second-order valence-electron chi connectivity index (χ2n) is 4.90. The third-order valence-electron chi connectivity index (χ3n) is 3.02. The predicted octanol–water partition coefficient (Wildman–Crippen LogP) is 3.72. The average molecular weight is 309 g/mol. The number of aromatic nitrogens is 1. The van der Waals surface area contributed by atoms with E-state index in [1.54, 1.807) is 4.57 Å². The van der Waals surface area contributed by atoms with Crippen LogP contribution in [0.1, 0.15) is 37.2 Å². The van der Waals surface area contributed by atoms with E-state index in [0.29, 0.717) is 0 Å². The zero-order valence-electron chi connectivity index (χ0n) is 10.8. The molecule has 0 saturated heterocycles. The molecular formula is C14H17BrN2O. The van der Waals surface area contributed by atoms with Crippen molar-refractivity contribution in [1.82, 2.24) is 4.57 Å². The van der Waals surface area contributed by atoms with Crippen molar-refractivity contribution in [3.05, 3.63) is 34.4 Å². The monoisotopic (exact) mass is 308 g/mol. The highest BCUT2D eigenvalue weighted by Crippen LogP contribution is 2.28. The van der Waals surface area contributed by atoms with E-state index in [2.05, 4.69) is 15.9 Å². The first-order valence-electron chi connectivity index (χ1n) is 6.02. The highest BCUT2D eigenvalue weighted by molar-refractivity contribution is 9.10. The lowest BCUT2D eigenvalue weighted by Gasteiger charge is -2.06. The number of halogens is 1. The molecule has 2 aromatic rings. The molecule has 0 bridgehead atoms. The SMILES string of the molecule is CC(C)C(=O)n1cc([C@@H](C)N)c2ccc(Br)cc21. The molecule has 0 aliphatic carbocycles. The van der Waals surface area contributed by atoms with Crippen LogP contribution in [0.3, 0.4) is 0 Å². The largest absolute Gasteiger partial charge is 0.324 e. The molecule has 0 aliphatic heterocycles. The smallest absolute Gasteiger partial charge is 0.233 e. The molecule has 0 saturated carbocycles. The van der Waals surface area contributed by atoms with Gasteiger partial charge in [0.15, 0.2) is 0 Å². The third kappa shape index (κ3) is 2.22. The van der Waals surface area contributed by atoms with Gasteiger partial charge in [0.05, 0.1) is 5.52 Å². The van der Waals surface area contributed by atoms with E-state index in [9.17, 15) is 4.79 Å². The van der Waals surface area contributed by atoms with Crippen LogP contribution in [0.4, 0.5) is 0 Å². The second-order valence-corrected chi connectivity index (χ2v) is 5.81. The fourth-order valence-electron chi connectivity index (χ4n) is 2.05. The summed E-state index contributed by atoms with van der Waals surface area (Å²) < 4.78 is 2.67. The summed E-state index contributed by atoms with van der Waals surface area (Å²) in [7, 11) is 0. The quantitative estimate of drug-likeness (QED) is 0.919. The first-order chi connectivity index (χ1) is 8.41. The molecule has 0 radical (unpaired) electrons. The fraction of sp³-hybridized carbons (Fsp3) is 0.357. The molecular weight excluding hydrogens is 292 g/mol. The predicted molar refractivity (Wildman–Crippen MR) is 77.7 cm³/mol. The number of carbonyl (C=O) groups is 1. The summed E-state index contributed by atoms with van der Waals surface area (Å²) in [6.07, 6.45) is 1.87. The topological polar surface area (TPSA) is 48.0 Å². The van der Waals surface area contributed by atoms with Crippen molar-refractivity contribution in [2.75, 3.05) is 0 Å². The molecule has 0 fully saturated rings. The van der Waals surface area contributed by atoms with Gasteiger partial charge in [-0.2, -0.15) is 0 Å². The number of rotatable bonds is 2. The molecule has 0 amide bonds. The van der Waals surface area contributed by atoms with Crippen LogP contribution < -0.4 is 5.73 Å². The van der Waals surface area contributed by atoms with E-state index in [-0.39, 0.29) is 17.9 Å². The number of benzene rings is 1. The first kappa shape index (κ1) is 13.3. The van der Waals surface area contributed by atoms with Crippen molar-refractivity contribution in [3.63, 3.8) is 0 Å². The lowest BCUT2D eigenvalue weighted by Crippen LogP contribution is -2.16. The van der Waals surface area contributed by atoms with Gasteiger partial charge >= 0.3 is 0 Å². The van der Waals surface area contributed by atoms with Crippen LogP contribution in [0.2, 0.25) is 0 Å². The van der Waals surface area contributed by atoms with Crippen molar-refractivity contribution < 1.29 is 4.79 Å². The van der Waals surface area contributed by atoms with Gasteiger partial charge in [0.25, 0.3) is 0 Å². The maximum Gasteiger partial charge on any atom is 0.233 e. The van der Waals surface area contributed by atoms with Crippen molar-refractivity contribution in [2.45, 2.75) is 26.8 Å². The number of nitrogens with zero attached hydrogens (tertiary/aromatic N) is 1. The van der Waals surface area contributed by atoms with Crippen LogP contribution in [0, 0.1) is 5.92 Å². The van der Waals surface area contributed by atoms with Crippen molar-refractivity contribution in [1.29, 1.82) is 0 Å². The first-order valence-corrected chi connectivity index (χ1v) is 6.81. The van der Waals surface area contributed by atoms with Crippen molar-refractivity contribution in [2.24, 2.45) is 11.7 Å². The summed E-state index contributed by atoms with van der Waals surface area (Å²) in [5, 5.41) is 1.04. The molecule has 2 N–H and O–H groups in total. The third-order valence-corrected chi connectivity index (χ3v) is 3.51. The Morgan fingerprint density at radius 2 is 2.00 bits per heavy atom. The number of hydrogen-bond donors (Lipinski definition) is 1. The van der Waals surface area contributed by atoms with Crippen molar-refractivity contribution in [3.8, 4) is 0 Å². The molecule has 1 atom stereocenters. The Balaban J connectivity index is 2.73. The van der Waals surface area contributed by atoms with Gasteiger partial charge in [0, 0.05) is 28.0 Å². The molecule has 18 heavy (non-hydrogen) atoms. The van der Waals surface area contributed by atoms with Crippen molar-refractivity contribution >= 4 is 32.7 Å². The number of nitrogens with two attached hydrogens (primary N) is 1. The Kier molecular flexibility index (Phi) is 3.59. The van der Waals surface area contributed by atoms with E-state index in [1.165, 1.54) is 0 Å². The molecule has 4 heteroatoms. The second kappa shape index (κ2) is 4.86. The van der Waals surface area contributed by atoms with Gasteiger partial charge in [0.1, 0.15) is 0 Å². The minimum Gasteiger partial charge on any atom is -0.324 e. The Morgan fingerprint density at radius 3 is 2.56 bits per heavy atom. The fourth-order valence-corrected chi connectivity index (χ4v) is 2.40. The molecule has 96 valence electrons. The number of hydrogen-bond acceptors (Lipinski definition) is 2. The van der Waals surface area contributed by atoms with E-state index in [1.807, 2.05) is 45.2 Å². The van der Waals surface area contributed by atoms with Gasteiger partial charge in [-0.25, -0.2) is 0 Å². The zero-order valence-corrected chi connectivity index (χ0v) is 12.4. The molecule has 1 aromatic heterocycles. The average Bonchev–Trinajstić information content (AvgIpc) is 2.66. The zero-order chi connectivity index (χ0) is 13.4. The summed E-state index contributed by atoms with van der Waals surface area (Å²) in [4.78, 5) is 12.2. The Hall–Kier alpha value is -1.13. The summed E-state index contributed by atoms with van der Waals surface area (Å²) in [6.45, 7) is 5.73. The molecule has 3 nitrogen and oxygen atoms in total. The molecule has 1 heterocycles.